The first-order valence-corrected chi connectivity index (χ1v) is 9.24. The van der Waals surface area contributed by atoms with Gasteiger partial charge in [-0.1, -0.05) is 49.8 Å². The van der Waals surface area contributed by atoms with E-state index in [4.69, 9.17) is 5.84 Å². The summed E-state index contributed by atoms with van der Waals surface area (Å²) >= 11 is 0. The Morgan fingerprint density at radius 2 is 1.71 bits per heavy atom. The van der Waals surface area contributed by atoms with Crippen LogP contribution >= 0.6 is 0 Å². The van der Waals surface area contributed by atoms with Crippen LogP contribution in [0.1, 0.15) is 45.6 Å². The van der Waals surface area contributed by atoms with Gasteiger partial charge in [-0.05, 0) is 43.5 Å². The second-order valence-electron chi connectivity index (χ2n) is 5.83. The van der Waals surface area contributed by atoms with Gasteiger partial charge in [0, 0.05) is 13.6 Å². The van der Waals surface area contributed by atoms with E-state index in [2.05, 4.69) is 5.32 Å². The van der Waals surface area contributed by atoms with Gasteiger partial charge in [-0.25, -0.2) is 10.2 Å². The second kappa shape index (κ2) is 13.8. The maximum atomic E-state index is 12.9. The average molecular weight is 401 g/mol. The van der Waals surface area contributed by atoms with Crippen LogP contribution in [0.3, 0.4) is 0 Å². The Bertz CT molecular complexity index is 630. The van der Waals surface area contributed by atoms with Crippen LogP contribution in [0, 0.1) is 5.82 Å². The van der Waals surface area contributed by atoms with E-state index in [1.807, 2.05) is 32.9 Å². The number of alkyl halides is 3. The molecule has 0 aromatic heterocycles. The van der Waals surface area contributed by atoms with E-state index in [0.717, 1.165) is 17.2 Å². The summed E-state index contributed by atoms with van der Waals surface area (Å²) in [5, 5.41) is 4.59. The molecule has 0 spiro atoms. The van der Waals surface area contributed by atoms with E-state index in [9.17, 15) is 17.6 Å². The van der Waals surface area contributed by atoms with Crippen LogP contribution in [-0.2, 0) is 6.54 Å². The van der Waals surface area contributed by atoms with E-state index in [-0.39, 0.29) is 5.82 Å². The summed E-state index contributed by atoms with van der Waals surface area (Å²) in [5.74, 6) is 6.19. The summed E-state index contributed by atoms with van der Waals surface area (Å²) < 4.78 is 49.3. The van der Waals surface area contributed by atoms with Crippen molar-refractivity contribution in [3.8, 4) is 0 Å². The smallest absolute Gasteiger partial charge is 0.367 e. The summed E-state index contributed by atoms with van der Waals surface area (Å²) in [7, 11) is 1.68. The van der Waals surface area contributed by atoms with E-state index in [0.29, 0.717) is 25.2 Å². The van der Waals surface area contributed by atoms with Crippen molar-refractivity contribution in [2.45, 2.75) is 52.8 Å². The highest BCUT2D eigenvalue weighted by molar-refractivity contribution is 5.18. The van der Waals surface area contributed by atoms with Gasteiger partial charge >= 0.3 is 6.18 Å². The molecule has 0 saturated heterocycles. The molecule has 0 atom stereocenters. The van der Waals surface area contributed by atoms with Gasteiger partial charge in [0.25, 0.3) is 0 Å². The normalized spacial score (nSPS) is 12.6. The minimum Gasteiger partial charge on any atom is -0.367 e. The molecule has 0 radical (unpaired) electrons. The van der Waals surface area contributed by atoms with Gasteiger partial charge in [-0.2, -0.15) is 13.2 Å². The Balaban J connectivity index is 0.00000352. The first-order chi connectivity index (χ1) is 13.2. The Labute approximate surface area is 165 Å². The molecule has 0 amide bonds. The molecule has 1 aromatic rings. The van der Waals surface area contributed by atoms with Crippen LogP contribution in [0.15, 0.2) is 60.0 Å². The molecule has 3 N–H and O–H groups in total. The number of benzene rings is 1. The van der Waals surface area contributed by atoms with E-state index in [1.54, 1.807) is 19.2 Å². The summed E-state index contributed by atoms with van der Waals surface area (Å²) in [4.78, 5) is 0. The highest BCUT2D eigenvalue weighted by Gasteiger charge is 2.24. The molecule has 1 aromatic carbocycles. The van der Waals surface area contributed by atoms with Gasteiger partial charge in [0.2, 0.25) is 0 Å². The molecule has 0 fully saturated rings. The second-order valence-corrected chi connectivity index (χ2v) is 5.83. The number of nitrogens with zero attached hydrogens (tertiary/aromatic N) is 1. The van der Waals surface area contributed by atoms with Crippen LogP contribution in [0.5, 0.6) is 0 Å². The molecule has 0 aliphatic rings. The zero-order valence-electron chi connectivity index (χ0n) is 17.0. The number of nitrogens with one attached hydrogen (secondary N) is 1. The monoisotopic (exact) mass is 401 g/mol. The van der Waals surface area contributed by atoms with Gasteiger partial charge in [0.05, 0.1) is 6.42 Å². The van der Waals surface area contributed by atoms with Crippen molar-refractivity contribution in [2.75, 3.05) is 7.05 Å². The van der Waals surface area contributed by atoms with Gasteiger partial charge in [-0.15, -0.1) is 0 Å². The summed E-state index contributed by atoms with van der Waals surface area (Å²) in [6.07, 6.45) is 2.31. The molecule has 3 nitrogen and oxygen atoms in total. The van der Waals surface area contributed by atoms with Crippen molar-refractivity contribution in [1.82, 2.24) is 10.3 Å². The number of hydrazine groups is 1. The number of halogens is 4. The third-order valence-electron chi connectivity index (χ3n) is 3.63. The Morgan fingerprint density at radius 3 is 2.21 bits per heavy atom. The predicted molar refractivity (Wildman–Crippen MR) is 107 cm³/mol. The maximum absolute atomic E-state index is 12.9. The van der Waals surface area contributed by atoms with Gasteiger partial charge < -0.3 is 10.3 Å². The fraction of sp³-hybridized carbons (Fsp3) is 0.429. The maximum Gasteiger partial charge on any atom is 0.392 e. The molecule has 158 valence electrons. The fourth-order valence-electron chi connectivity index (χ4n) is 2.13. The van der Waals surface area contributed by atoms with Crippen LogP contribution in [-0.4, -0.2) is 18.2 Å². The van der Waals surface area contributed by atoms with E-state index < -0.39 is 12.6 Å². The van der Waals surface area contributed by atoms with Gasteiger partial charge in [-0.3, -0.25) is 0 Å². The minimum atomic E-state index is -4.17. The molecular weight excluding hydrogens is 370 g/mol. The lowest BCUT2D eigenvalue weighted by Gasteiger charge is -2.19. The molecule has 0 bridgehead atoms. The first kappa shape index (κ1) is 25.7. The third-order valence-corrected chi connectivity index (χ3v) is 3.63. The number of hydrogen-bond acceptors (Lipinski definition) is 3. The topological polar surface area (TPSA) is 41.3 Å². The predicted octanol–water partition coefficient (Wildman–Crippen LogP) is 5.82. The minimum absolute atomic E-state index is 0.295. The van der Waals surface area contributed by atoms with Crippen LogP contribution in [0.4, 0.5) is 17.6 Å². The lowest BCUT2D eigenvalue weighted by atomic mass is 10.1. The van der Waals surface area contributed by atoms with Crippen molar-refractivity contribution in [3.05, 3.63) is 71.3 Å². The van der Waals surface area contributed by atoms with Crippen molar-refractivity contribution in [1.29, 1.82) is 0 Å². The molecule has 1 rings (SSSR count). The Kier molecular flexibility index (Phi) is 12.7. The first-order valence-electron chi connectivity index (χ1n) is 9.24. The van der Waals surface area contributed by atoms with E-state index >= 15 is 0 Å². The highest BCUT2D eigenvalue weighted by atomic mass is 19.4. The lowest BCUT2D eigenvalue weighted by Crippen LogP contribution is -2.33. The van der Waals surface area contributed by atoms with Crippen molar-refractivity contribution in [3.63, 3.8) is 0 Å². The van der Waals surface area contributed by atoms with Crippen LogP contribution < -0.4 is 11.2 Å². The van der Waals surface area contributed by atoms with Gasteiger partial charge in [0.15, 0.2) is 0 Å². The van der Waals surface area contributed by atoms with Crippen LogP contribution in [0.25, 0.3) is 0 Å². The Hall–Kier alpha value is -2.28. The molecule has 0 aliphatic carbocycles. The fourth-order valence-corrected chi connectivity index (χ4v) is 2.13. The number of allylic oxidation sites excluding steroid dienone is 5. The summed E-state index contributed by atoms with van der Waals surface area (Å²) in [5.41, 5.74) is 1.88. The lowest BCUT2D eigenvalue weighted by molar-refractivity contribution is -0.125. The number of rotatable bonds is 9. The molecule has 0 heterocycles. The molecular formula is C21H31F4N3. The molecule has 0 saturated carbocycles. The molecule has 28 heavy (non-hydrogen) atoms. The Morgan fingerprint density at radius 1 is 1.11 bits per heavy atom. The number of hydrogen-bond donors (Lipinski definition) is 2. The zero-order valence-corrected chi connectivity index (χ0v) is 17.0. The summed E-state index contributed by atoms with van der Waals surface area (Å²) in [6.45, 7) is 6.32. The largest absolute Gasteiger partial charge is 0.392 e. The number of nitrogens with two attached hydrogens (primary N) is 1. The molecule has 0 unspecified atom stereocenters. The molecule has 0 aliphatic heterocycles. The van der Waals surface area contributed by atoms with E-state index in [1.165, 1.54) is 23.2 Å². The van der Waals surface area contributed by atoms with Gasteiger partial charge in [0.1, 0.15) is 11.6 Å². The third kappa shape index (κ3) is 12.2. The molecule has 7 heteroatoms. The van der Waals surface area contributed by atoms with Crippen molar-refractivity contribution in [2.24, 2.45) is 5.84 Å². The summed E-state index contributed by atoms with van der Waals surface area (Å²) in [6, 6.07) is 6.13. The zero-order chi connectivity index (χ0) is 21.6. The average Bonchev–Trinajstić information content (AvgIpc) is 2.65. The SMILES string of the molecule is C/C=C(\C/C=C\CC(F)(F)F)C/C=C(/NCc1ccc(F)cc1)N(C)N.CC. The quantitative estimate of drug-likeness (QED) is 0.237. The standard InChI is InChI=1S/C19H25F4N3.C2H6/c1-3-15(6-4-5-13-19(21,22)23)9-12-18(26(2)24)25-14-16-7-10-17(20)11-8-16;1-2/h3-5,7-8,10-12,25H,6,9,13-14,24H2,1-2H3;1-2H3/b5-4-,15-3+,18-12-;. The van der Waals surface area contributed by atoms with Crippen molar-refractivity contribution < 1.29 is 17.6 Å². The van der Waals surface area contributed by atoms with Crippen LogP contribution in [0.2, 0.25) is 0 Å². The van der Waals surface area contributed by atoms with Crippen molar-refractivity contribution >= 4 is 0 Å². The highest BCUT2D eigenvalue weighted by Crippen LogP contribution is 2.20.